The summed E-state index contributed by atoms with van der Waals surface area (Å²) in [7, 11) is 0. The number of fused-ring (bicyclic) bond motifs is 1. The molecule has 3 nitrogen and oxygen atoms in total. The molecular formula is C13H18O3. The molecule has 88 valence electrons. The van der Waals surface area contributed by atoms with Gasteiger partial charge >= 0.3 is 0 Å². The Morgan fingerprint density at radius 2 is 2.06 bits per heavy atom. The van der Waals surface area contributed by atoms with Crippen LogP contribution < -0.4 is 0 Å². The summed E-state index contributed by atoms with van der Waals surface area (Å²) < 4.78 is 0. The minimum Gasteiger partial charge on any atom is -0.368 e. The van der Waals surface area contributed by atoms with Crippen LogP contribution in [0, 0.1) is 35.0 Å². The predicted molar refractivity (Wildman–Crippen MR) is 56.2 cm³/mol. The maximum atomic E-state index is 12.1. The van der Waals surface area contributed by atoms with Gasteiger partial charge in [0, 0.05) is 17.8 Å². The van der Waals surface area contributed by atoms with Crippen molar-refractivity contribution in [1.29, 1.82) is 0 Å². The summed E-state index contributed by atoms with van der Waals surface area (Å²) >= 11 is 0. The third-order valence-corrected chi connectivity index (χ3v) is 6.25. The lowest BCUT2D eigenvalue weighted by molar-refractivity contribution is -0.207. The smallest absolute Gasteiger partial charge is 0.154 e. The second kappa shape index (κ2) is 2.70. The Balaban J connectivity index is 1.74. The van der Waals surface area contributed by atoms with Crippen molar-refractivity contribution in [2.75, 3.05) is 0 Å². The van der Waals surface area contributed by atoms with Crippen LogP contribution in [0.15, 0.2) is 0 Å². The molecule has 0 amide bonds. The molecule has 4 aliphatic rings. The summed E-state index contributed by atoms with van der Waals surface area (Å²) in [5, 5.41) is 19.0. The van der Waals surface area contributed by atoms with E-state index in [4.69, 9.17) is 0 Å². The minimum atomic E-state index is -1.21. The number of rotatable bonds is 1. The summed E-state index contributed by atoms with van der Waals surface area (Å²) in [6, 6.07) is 0. The van der Waals surface area contributed by atoms with Gasteiger partial charge in [-0.05, 0) is 49.4 Å². The highest BCUT2D eigenvalue weighted by molar-refractivity contribution is 5.87. The maximum Gasteiger partial charge on any atom is 0.154 e. The molecular weight excluding hydrogens is 204 g/mol. The molecule has 0 heterocycles. The fourth-order valence-electron chi connectivity index (χ4n) is 5.44. The first-order valence-electron chi connectivity index (χ1n) is 6.53. The van der Waals surface area contributed by atoms with E-state index in [1.54, 1.807) is 0 Å². The van der Waals surface area contributed by atoms with Crippen LogP contribution in [0.3, 0.4) is 0 Å². The molecule has 2 N–H and O–H groups in total. The maximum absolute atomic E-state index is 12.1. The number of aliphatic hydroxyl groups excluding tert-OH is 1. The Morgan fingerprint density at radius 3 is 2.69 bits per heavy atom. The topological polar surface area (TPSA) is 57.5 Å². The van der Waals surface area contributed by atoms with E-state index < -0.39 is 6.29 Å². The standard InChI is InChI=1S/C13H18O3/c14-11-6-3-7(12(15)16)9-1-2-13(9)5-8(11)10(13)4-6/h6-10,12,15-16H,1-5H2. The van der Waals surface area contributed by atoms with Crippen LogP contribution >= 0.6 is 0 Å². The normalized spacial score (nSPS) is 57.7. The van der Waals surface area contributed by atoms with Crippen LogP contribution in [0.2, 0.25) is 0 Å². The van der Waals surface area contributed by atoms with Gasteiger partial charge in [-0.3, -0.25) is 4.79 Å². The zero-order valence-corrected chi connectivity index (χ0v) is 9.30. The van der Waals surface area contributed by atoms with Crippen LogP contribution in [0.25, 0.3) is 0 Å². The Hall–Kier alpha value is -0.410. The van der Waals surface area contributed by atoms with Gasteiger partial charge in [0.2, 0.25) is 0 Å². The van der Waals surface area contributed by atoms with Gasteiger partial charge < -0.3 is 10.2 Å². The predicted octanol–water partition coefficient (Wildman–Crippen LogP) is 0.939. The highest BCUT2D eigenvalue weighted by atomic mass is 16.5. The van der Waals surface area contributed by atoms with Gasteiger partial charge in [-0.2, -0.15) is 0 Å². The van der Waals surface area contributed by atoms with E-state index in [9.17, 15) is 15.0 Å². The van der Waals surface area contributed by atoms with E-state index in [-0.39, 0.29) is 11.8 Å². The second-order valence-electron chi connectivity index (χ2n) is 6.44. The molecule has 0 saturated heterocycles. The molecule has 4 aliphatic carbocycles. The van der Waals surface area contributed by atoms with Crippen molar-refractivity contribution in [3.8, 4) is 0 Å². The number of Topliss-reactive ketones (excluding diaryl/α,β-unsaturated/α-hetero) is 1. The van der Waals surface area contributed by atoms with Crippen LogP contribution in [0.4, 0.5) is 0 Å². The number of hydrogen-bond donors (Lipinski definition) is 2. The van der Waals surface area contributed by atoms with Gasteiger partial charge in [0.1, 0.15) is 5.78 Å². The van der Waals surface area contributed by atoms with E-state index in [0.717, 1.165) is 25.7 Å². The molecule has 0 radical (unpaired) electrons. The van der Waals surface area contributed by atoms with Crippen molar-refractivity contribution in [3.63, 3.8) is 0 Å². The van der Waals surface area contributed by atoms with E-state index in [2.05, 4.69) is 0 Å². The van der Waals surface area contributed by atoms with Crippen molar-refractivity contribution in [1.82, 2.24) is 0 Å². The molecule has 0 aliphatic heterocycles. The lowest BCUT2D eigenvalue weighted by Gasteiger charge is -2.65. The number of carbonyl (C=O) groups is 1. The number of ketones is 1. The third-order valence-electron chi connectivity index (χ3n) is 6.25. The van der Waals surface area contributed by atoms with Crippen LogP contribution in [-0.2, 0) is 4.79 Å². The molecule has 2 bridgehead atoms. The number of carbonyl (C=O) groups excluding carboxylic acids is 1. The molecule has 4 rings (SSSR count). The lowest BCUT2D eigenvalue weighted by Crippen LogP contribution is -2.60. The van der Waals surface area contributed by atoms with Crippen LogP contribution in [-0.4, -0.2) is 22.3 Å². The van der Waals surface area contributed by atoms with Crippen LogP contribution in [0.1, 0.15) is 32.1 Å². The average molecular weight is 222 g/mol. The molecule has 16 heavy (non-hydrogen) atoms. The summed E-state index contributed by atoms with van der Waals surface area (Å²) in [5.74, 6) is 2.00. The Bertz CT molecular complexity index is 364. The average Bonchev–Trinajstić information content (AvgIpc) is 2.35. The summed E-state index contributed by atoms with van der Waals surface area (Å²) in [6.45, 7) is 0. The zero-order valence-electron chi connectivity index (χ0n) is 9.30. The lowest BCUT2D eigenvalue weighted by atomic mass is 9.39. The van der Waals surface area contributed by atoms with Gasteiger partial charge in [-0.15, -0.1) is 0 Å². The van der Waals surface area contributed by atoms with Crippen molar-refractivity contribution in [2.45, 2.75) is 38.4 Å². The molecule has 0 aromatic carbocycles. The Morgan fingerprint density at radius 1 is 1.25 bits per heavy atom. The Labute approximate surface area is 94.8 Å². The van der Waals surface area contributed by atoms with Crippen molar-refractivity contribution >= 4 is 5.78 Å². The van der Waals surface area contributed by atoms with Gasteiger partial charge in [0.05, 0.1) is 0 Å². The summed E-state index contributed by atoms with van der Waals surface area (Å²) in [4.78, 5) is 12.1. The van der Waals surface area contributed by atoms with Crippen molar-refractivity contribution in [3.05, 3.63) is 0 Å². The first kappa shape index (κ1) is 9.60. The van der Waals surface area contributed by atoms with E-state index in [0.29, 0.717) is 29.0 Å². The van der Waals surface area contributed by atoms with Crippen molar-refractivity contribution in [2.24, 2.45) is 35.0 Å². The van der Waals surface area contributed by atoms with E-state index in [1.807, 2.05) is 0 Å². The molecule has 0 aromatic heterocycles. The van der Waals surface area contributed by atoms with Gasteiger partial charge in [0.25, 0.3) is 0 Å². The monoisotopic (exact) mass is 222 g/mol. The Kier molecular flexibility index (Phi) is 1.62. The second-order valence-corrected chi connectivity index (χ2v) is 6.44. The summed E-state index contributed by atoms with van der Waals surface area (Å²) in [5.41, 5.74) is 0.347. The van der Waals surface area contributed by atoms with Crippen molar-refractivity contribution < 1.29 is 15.0 Å². The SMILES string of the molecule is O=C1C2CC(C(O)O)C3CCC34CC1C4C2. The molecule has 6 unspecified atom stereocenters. The molecule has 0 aromatic rings. The first-order valence-corrected chi connectivity index (χ1v) is 6.53. The molecule has 4 fully saturated rings. The zero-order chi connectivity index (χ0) is 11.1. The summed E-state index contributed by atoms with van der Waals surface area (Å²) in [6.07, 6.45) is 3.99. The third kappa shape index (κ3) is 0.842. The largest absolute Gasteiger partial charge is 0.368 e. The highest BCUT2D eigenvalue weighted by Crippen LogP contribution is 2.74. The first-order chi connectivity index (χ1) is 7.63. The van der Waals surface area contributed by atoms with E-state index in [1.165, 1.54) is 6.42 Å². The van der Waals surface area contributed by atoms with Gasteiger partial charge in [-0.25, -0.2) is 0 Å². The molecule has 6 atom stereocenters. The fourth-order valence-corrected chi connectivity index (χ4v) is 5.44. The van der Waals surface area contributed by atoms with E-state index >= 15 is 0 Å². The highest BCUT2D eigenvalue weighted by Gasteiger charge is 2.70. The number of aliphatic hydroxyl groups is 2. The molecule has 3 heteroatoms. The van der Waals surface area contributed by atoms with Crippen LogP contribution in [0.5, 0.6) is 0 Å². The molecule has 4 saturated carbocycles. The minimum absolute atomic E-state index is 0.0334. The number of hydrogen-bond acceptors (Lipinski definition) is 3. The van der Waals surface area contributed by atoms with Gasteiger partial charge in [0.15, 0.2) is 6.29 Å². The van der Waals surface area contributed by atoms with Gasteiger partial charge in [-0.1, -0.05) is 0 Å². The molecule has 1 spiro atoms. The fraction of sp³-hybridized carbons (Fsp3) is 0.923. The quantitative estimate of drug-likeness (QED) is 0.649.